The number of aromatic nitrogens is 4. The summed E-state index contributed by atoms with van der Waals surface area (Å²) in [5.41, 5.74) is 1.60. The summed E-state index contributed by atoms with van der Waals surface area (Å²) < 4.78 is 13.4. The molecule has 0 aromatic carbocycles. The minimum Gasteiger partial charge on any atom is -0.361 e. The zero-order chi connectivity index (χ0) is 14.1. The Hall–Kier alpha value is -1.73. The zero-order valence-electron chi connectivity index (χ0n) is 12.0. The Labute approximate surface area is 117 Å². The maximum absolute atomic E-state index is 5.79. The van der Waals surface area contributed by atoms with Gasteiger partial charge in [0, 0.05) is 14.1 Å². The first-order chi connectivity index (χ1) is 9.69. The first-order valence-corrected chi connectivity index (χ1v) is 6.79. The zero-order valence-corrected chi connectivity index (χ0v) is 12.0. The van der Waals surface area contributed by atoms with Gasteiger partial charge in [0.05, 0.1) is 25.6 Å². The number of hydrogen-bond acceptors (Lipinski definition) is 6. The first-order valence-electron chi connectivity index (χ1n) is 6.79. The maximum Gasteiger partial charge on any atom is 0.175 e. The lowest BCUT2D eigenvalue weighted by Gasteiger charge is -2.13. The molecule has 2 unspecified atom stereocenters. The second kappa shape index (κ2) is 5.34. The van der Waals surface area contributed by atoms with Crippen LogP contribution in [0.4, 0.5) is 5.82 Å². The second-order valence-corrected chi connectivity index (χ2v) is 5.09. The summed E-state index contributed by atoms with van der Waals surface area (Å²) in [5.74, 6) is 0.813. The van der Waals surface area contributed by atoms with Crippen LogP contribution in [0.25, 0.3) is 11.2 Å². The monoisotopic (exact) mass is 277 g/mol. The summed E-state index contributed by atoms with van der Waals surface area (Å²) in [7, 11) is 3.88. The molecule has 0 spiro atoms. The molecule has 1 fully saturated rings. The van der Waals surface area contributed by atoms with Crippen molar-refractivity contribution in [1.29, 1.82) is 0 Å². The van der Waals surface area contributed by atoms with Crippen LogP contribution < -0.4 is 4.90 Å². The van der Waals surface area contributed by atoms with Crippen molar-refractivity contribution in [2.24, 2.45) is 0 Å². The summed E-state index contributed by atoms with van der Waals surface area (Å²) in [6, 6.07) is 0. The molecule has 7 nitrogen and oxygen atoms in total. The largest absolute Gasteiger partial charge is 0.361 e. The molecule has 7 heteroatoms. The van der Waals surface area contributed by atoms with E-state index in [1.54, 1.807) is 12.7 Å². The summed E-state index contributed by atoms with van der Waals surface area (Å²) >= 11 is 0. The van der Waals surface area contributed by atoms with E-state index in [0.717, 1.165) is 23.4 Å². The molecule has 3 heterocycles. The molecule has 0 bridgehead atoms. The molecule has 0 N–H and O–H groups in total. The van der Waals surface area contributed by atoms with E-state index in [2.05, 4.69) is 21.9 Å². The lowest BCUT2D eigenvalue weighted by molar-refractivity contribution is -0.0670. The minimum atomic E-state index is -0.227. The van der Waals surface area contributed by atoms with Gasteiger partial charge in [-0.15, -0.1) is 0 Å². The third kappa shape index (κ3) is 2.34. The molecular weight excluding hydrogens is 258 g/mol. The fourth-order valence-corrected chi connectivity index (χ4v) is 2.31. The summed E-state index contributed by atoms with van der Waals surface area (Å²) in [6.07, 6.45) is 4.25. The Kier molecular flexibility index (Phi) is 3.54. The van der Waals surface area contributed by atoms with Crippen molar-refractivity contribution < 1.29 is 9.47 Å². The summed E-state index contributed by atoms with van der Waals surface area (Å²) in [4.78, 5) is 14.9. The fraction of sp³-hybridized carbons (Fsp3) is 0.615. The van der Waals surface area contributed by atoms with Gasteiger partial charge in [0.1, 0.15) is 6.33 Å². The molecule has 1 saturated heterocycles. The molecular formula is C13H19N5O2. The van der Waals surface area contributed by atoms with E-state index < -0.39 is 0 Å². The van der Waals surface area contributed by atoms with E-state index in [1.807, 2.05) is 23.6 Å². The Morgan fingerprint density at radius 2 is 2.20 bits per heavy atom. The number of ether oxygens (including phenoxy) is 2. The van der Waals surface area contributed by atoms with Crippen LogP contribution in [0, 0.1) is 0 Å². The Morgan fingerprint density at radius 3 is 2.90 bits per heavy atom. The highest BCUT2D eigenvalue weighted by molar-refractivity contribution is 5.82. The summed E-state index contributed by atoms with van der Waals surface area (Å²) in [6.45, 7) is 3.35. The maximum atomic E-state index is 5.79. The summed E-state index contributed by atoms with van der Waals surface area (Å²) in [5, 5.41) is 0. The van der Waals surface area contributed by atoms with Crippen LogP contribution in [0.15, 0.2) is 12.7 Å². The van der Waals surface area contributed by atoms with Crippen molar-refractivity contribution in [2.75, 3.05) is 25.6 Å². The van der Waals surface area contributed by atoms with Crippen molar-refractivity contribution in [2.45, 2.75) is 32.3 Å². The molecule has 1 aliphatic heterocycles. The normalized spacial score (nSPS) is 22.6. The van der Waals surface area contributed by atoms with Gasteiger partial charge in [-0.05, 0) is 6.42 Å². The van der Waals surface area contributed by atoms with Gasteiger partial charge in [0.2, 0.25) is 0 Å². The Bertz CT molecular complexity index is 597. The highest BCUT2D eigenvalue weighted by Gasteiger charge is 2.25. The van der Waals surface area contributed by atoms with Crippen LogP contribution in [0.5, 0.6) is 0 Å². The van der Waals surface area contributed by atoms with Crippen molar-refractivity contribution in [1.82, 2.24) is 19.5 Å². The number of imidazole rings is 1. The predicted octanol–water partition coefficient (Wildman–Crippen LogP) is 1.04. The van der Waals surface area contributed by atoms with E-state index in [4.69, 9.17) is 9.47 Å². The SMILES string of the molecule is CCC1COC(Cn2cnc3c(N(C)C)ncnc32)O1. The van der Waals surface area contributed by atoms with E-state index in [-0.39, 0.29) is 12.4 Å². The Morgan fingerprint density at radius 1 is 1.35 bits per heavy atom. The molecule has 108 valence electrons. The molecule has 20 heavy (non-hydrogen) atoms. The van der Waals surface area contributed by atoms with Gasteiger partial charge in [0.15, 0.2) is 23.3 Å². The van der Waals surface area contributed by atoms with E-state index in [1.165, 1.54) is 0 Å². The molecule has 0 amide bonds. The first kappa shape index (κ1) is 13.3. The molecule has 0 saturated carbocycles. The van der Waals surface area contributed by atoms with Crippen molar-refractivity contribution in [3.05, 3.63) is 12.7 Å². The van der Waals surface area contributed by atoms with Gasteiger partial charge in [-0.3, -0.25) is 0 Å². The van der Waals surface area contributed by atoms with Gasteiger partial charge in [-0.1, -0.05) is 6.92 Å². The lowest BCUT2D eigenvalue weighted by Crippen LogP contribution is -2.18. The van der Waals surface area contributed by atoms with Gasteiger partial charge < -0.3 is 18.9 Å². The lowest BCUT2D eigenvalue weighted by atomic mass is 10.3. The Balaban J connectivity index is 1.84. The molecule has 3 rings (SSSR count). The predicted molar refractivity (Wildman–Crippen MR) is 74.6 cm³/mol. The number of nitrogens with zero attached hydrogens (tertiary/aromatic N) is 5. The van der Waals surface area contributed by atoms with Gasteiger partial charge in [-0.25, -0.2) is 15.0 Å². The van der Waals surface area contributed by atoms with Crippen LogP contribution >= 0.6 is 0 Å². The third-order valence-electron chi connectivity index (χ3n) is 3.42. The second-order valence-electron chi connectivity index (χ2n) is 5.09. The average molecular weight is 277 g/mol. The molecule has 0 aliphatic carbocycles. The molecule has 1 aliphatic rings. The smallest absolute Gasteiger partial charge is 0.175 e. The van der Waals surface area contributed by atoms with E-state index >= 15 is 0 Å². The molecule has 2 aromatic heterocycles. The van der Waals surface area contributed by atoms with E-state index in [0.29, 0.717) is 13.2 Å². The number of anilines is 1. The van der Waals surface area contributed by atoms with Crippen molar-refractivity contribution in [3.63, 3.8) is 0 Å². The highest BCUT2D eigenvalue weighted by atomic mass is 16.7. The average Bonchev–Trinajstić information content (AvgIpc) is 3.06. The van der Waals surface area contributed by atoms with Crippen molar-refractivity contribution in [3.8, 4) is 0 Å². The number of fused-ring (bicyclic) bond motifs is 1. The fourth-order valence-electron chi connectivity index (χ4n) is 2.31. The van der Waals surface area contributed by atoms with Crippen molar-refractivity contribution >= 4 is 17.0 Å². The van der Waals surface area contributed by atoms with E-state index in [9.17, 15) is 0 Å². The minimum absolute atomic E-state index is 0.196. The van der Waals surface area contributed by atoms with Gasteiger partial charge in [-0.2, -0.15) is 0 Å². The molecule has 0 radical (unpaired) electrons. The van der Waals surface area contributed by atoms with Crippen LogP contribution in [0.1, 0.15) is 13.3 Å². The van der Waals surface area contributed by atoms with Crippen LogP contribution in [-0.2, 0) is 16.0 Å². The van der Waals surface area contributed by atoms with Crippen LogP contribution in [0.3, 0.4) is 0 Å². The number of hydrogen-bond donors (Lipinski definition) is 0. The quantitative estimate of drug-likeness (QED) is 0.832. The number of rotatable bonds is 4. The van der Waals surface area contributed by atoms with Gasteiger partial charge in [0.25, 0.3) is 0 Å². The van der Waals surface area contributed by atoms with Gasteiger partial charge >= 0.3 is 0 Å². The third-order valence-corrected chi connectivity index (χ3v) is 3.42. The standard InChI is InChI=1S/C13H19N5O2/c1-4-9-6-19-10(20-9)5-18-8-16-11-12(17(2)3)14-7-15-13(11)18/h7-10H,4-6H2,1-3H3. The topological polar surface area (TPSA) is 65.3 Å². The molecule has 2 aromatic rings. The van der Waals surface area contributed by atoms with Crippen LogP contribution in [-0.4, -0.2) is 52.6 Å². The molecule has 2 atom stereocenters. The highest BCUT2D eigenvalue weighted by Crippen LogP contribution is 2.21. The van der Waals surface area contributed by atoms with Crippen LogP contribution in [0.2, 0.25) is 0 Å².